The van der Waals surface area contributed by atoms with E-state index >= 15 is 0 Å². The van der Waals surface area contributed by atoms with Crippen molar-refractivity contribution in [2.45, 2.75) is 24.8 Å². The van der Waals surface area contributed by atoms with Crippen molar-refractivity contribution in [3.8, 4) is 0 Å². The summed E-state index contributed by atoms with van der Waals surface area (Å²) in [6.45, 7) is 1.55. The number of carbonyl (C=O) groups excluding carboxylic acids is 1. The fourth-order valence-corrected chi connectivity index (χ4v) is 1.62. The van der Waals surface area contributed by atoms with Gasteiger partial charge in [0.15, 0.2) is 0 Å². The van der Waals surface area contributed by atoms with Gasteiger partial charge in [0.2, 0.25) is 5.91 Å². The average Bonchev–Trinajstić information content (AvgIpc) is 2.18. The summed E-state index contributed by atoms with van der Waals surface area (Å²) in [6, 6.07) is 0. The molecule has 0 aromatic carbocycles. The summed E-state index contributed by atoms with van der Waals surface area (Å²) in [5, 5.41) is 2.93. The van der Waals surface area contributed by atoms with Crippen molar-refractivity contribution in [3.05, 3.63) is 0 Å². The highest BCUT2D eigenvalue weighted by atomic mass is 16.5. The SMILES string of the molecule is COCCOCC(=O)NC1(CN)CCC1. The second-order valence-electron chi connectivity index (χ2n) is 3.93. The molecule has 1 fully saturated rings. The summed E-state index contributed by atoms with van der Waals surface area (Å²) in [5.74, 6) is -0.0868. The molecule has 0 atom stereocenters. The second-order valence-corrected chi connectivity index (χ2v) is 3.93. The molecule has 0 aromatic rings. The van der Waals surface area contributed by atoms with Crippen LogP contribution in [0.4, 0.5) is 0 Å². The van der Waals surface area contributed by atoms with Gasteiger partial charge in [-0.25, -0.2) is 0 Å². The van der Waals surface area contributed by atoms with E-state index in [0.717, 1.165) is 19.3 Å². The van der Waals surface area contributed by atoms with Gasteiger partial charge in [-0.3, -0.25) is 4.79 Å². The molecule has 5 nitrogen and oxygen atoms in total. The molecule has 1 saturated carbocycles. The van der Waals surface area contributed by atoms with Crippen LogP contribution in [0.15, 0.2) is 0 Å². The lowest BCUT2D eigenvalue weighted by Gasteiger charge is -2.41. The Morgan fingerprint density at radius 1 is 1.47 bits per heavy atom. The Morgan fingerprint density at radius 2 is 2.20 bits per heavy atom. The van der Waals surface area contributed by atoms with Gasteiger partial charge < -0.3 is 20.5 Å². The molecule has 3 N–H and O–H groups in total. The van der Waals surface area contributed by atoms with E-state index in [1.165, 1.54) is 0 Å². The second kappa shape index (κ2) is 6.05. The predicted molar refractivity (Wildman–Crippen MR) is 56.5 cm³/mol. The van der Waals surface area contributed by atoms with Gasteiger partial charge >= 0.3 is 0 Å². The van der Waals surface area contributed by atoms with E-state index in [1.807, 2.05) is 0 Å². The minimum Gasteiger partial charge on any atom is -0.382 e. The van der Waals surface area contributed by atoms with E-state index < -0.39 is 0 Å². The lowest BCUT2D eigenvalue weighted by atomic mass is 9.77. The van der Waals surface area contributed by atoms with E-state index in [9.17, 15) is 4.79 Å². The van der Waals surface area contributed by atoms with Crippen LogP contribution in [0.3, 0.4) is 0 Å². The Hall–Kier alpha value is -0.650. The average molecular weight is 216 g/mol. The van der Waals surface area contributed by atoms with Crippen molar-refractivity contribution in [1.82, 2.24) is 5.32 Å². The van der Waals surface area contributed by atoms with Crippen LogP contribution >= 0.6 is 0 Å². The number of carbonyl (C=O) groups is 1. The number of rotatable bonds is 7. The minimum absolute atomic E-state index is 0.0868. The first-order chi connectivity index (χ1) is 7.22. The molecular formula is C10H20N2O3. The Kier molecular flexibility index (Phi) is 5.01. The number of nitrogens with one attached hydrogen (secondary N) is 1. The number of methoxy groups -OCH3 is 1. The van der Waals surface area contributed by atoms with E-state index in [4.69, 9.17) is 15.2 Å². The molecule has 5 heteroatoms. The van der Waals surface area contributed by atoms with Gasteiger partial charge in [-0.15, -0.1) is 0 Å². The standard InChI is InChI=1S/C10H20N2O3/c1-14-5-6-15-7-9(13)12-10(8-11)3-2-4-10/h2-8,11H2,1H3,(H,12,13). The Morgan fingerprint density at radius 3 is 2.67 bits per heavy atom. The molecule has 1 amide bonds. The van der Waals surface area contributed by atoms with Gasteiger partial charge in [-0.05, 0) is 19.3 Å². The number of amides is 1. The molecule has 0 aromatic heterocycles. The van der Waals surface area contributed by atoms with E-state index in [2.05, 4.69) is 5.32 Å². The van der Waals surface area contributed by atoms with Gasteiger partial charge in [0.05, 0.1) is 18.8 Å². The van der Waals surface area contributed by atoms with Crippen molar-refractivity contribution in [2.75, 3.05) is 33.5 Å². The molecule has 0 radical (unpaired) electrons. The van der Waals surface area contributed by atoms with Crippen molar-refractivity contribution in [2.24, 2.45) is 5.73 Å². The van der Waals surface area contributed by atoms with E-state index in [0.29, 0.717) is 19.8 Å². The van der Waals surface area contributed by atoms with Crippen LogP contribution in [0, 0.1) is 0 Å². The summed E-state index contributed by atoms with van der Waals surface area (Å²) >= 11 is 0. The third-order valence-corrected chi connectivity index (χ3v) is 2.77. The van der Waals surface area contributed by atoms with Gasteiger partial charge in [-0.2, -0.15) is 0 Å². The van der Waals surface area contributed by atoms with Gasteiger partial charge in [0, 0.05) is 13.7 Å². The Bertz CT molecular complexity index is 199. The molecule has 0 heterocycles. The number of hydrogen-bond acceptors (Lipinski definition) is 4. The Labute approximate surface area is 90.3 Å². The van der Waals surface area contributed by atoms with Crippen LogP contribution in [-0.4, -0.2) is 44.9 Å². The molecule has 0 bridgehead atoms. The summed E-state index contributed by atoms with van der Waals surface area (Å²) < 4.78 is 9.92. The normalized spacial score (nSPS) is 18.3. The van der Waals surface area contributed by atoms with Crippen molar-refractivity contribution < 1.29 is 14.3 Å². The minimum atomic E-state index is -0.151. The molecule has 1 rings (SSSR count). The van der Waals surface area contributed by atoms with Crippen LogP contribution < -0.4 is 11.1 Å². The van der Waals surface area contributed by atoms with E-state index in [-0.39, 0.29) is 18.1 Å². The lowest BCUT2D eigenvalue weighted by Crippen LogP contribution is -2.58. The first-order valence-electron chi connectivity index (χ1n) is 5.30. The fraction of sp³-hybridized carbons (Fsp3) is 0.900. The van der Waals surface area contributed by atoms with Crippen LogP contribution in [-0.2, 0) is 14.3 Å². The summed E-state index contributed by atoms with van der Waals surface area (Å²) in [7, 11) is 1.60. The zero-order chi connectivity index (χ0) is 11.1. The van der Waals surface area contributed by atoms with Crippen molar-refractivity contribution in [1.29, 1.82) is 0 Å². The van der Waals surface area contributed by atoms with Crippen LogP contribution in [0.5, 0.6) is 0 Å². The number of ether oxygens (including phenoxy) is 2. The third-order valence-electron chi connectivity index (χ3n) is 2.77. The maximum Gasteiger partial charge on any atom is 0.246 e. The summed E-state index contributed by atoms with van der Waals surface area (Å²) in [4.78, 5) is 11.4. The van der Waals surface area contributed by atoms with Crippen LogP contribution in [0.25, 0.3) is 0 Å². The molecule has 1 aliphatic rings. The summed E-state index contributed by atoms with van der Waals surface area (Å²) in [5.41, 5.74) is 5.47. The molecule has 15 heavy (non-hydrogen) atoms. The van der Waals surface area contributed by atoms with Gasteiger partial charge in [0.1, 0.15) is 6.61 Å². The maximum absolute atomic E-state index is 11.4. The van der Waals surface area contributed by atoms with Crippen LogP contribution in [0.1, 0.15) is 19.3 Å². The molecule has 0 saturated heterocycles. The largest absolute Gasteiger partial charge is 0.382 e. The summed E-state index contributed by atoms with van der Waals surface area (Å²) in [6.07, 6.45) is 3.10. The van der Waals surface area contributed by atoms with Crippen molar-refractivity contribution in [3.63, 3.8) is 0 Å². The predicted octanol–water partition coefficient (Wildman–Crippen LogP) is -0.353. The molecule has 0 aliphatic heterocycles. The van der Waals surface area contributed by atoms with Gasteiger partial charge in [-0.1, -0.05) is 0 Å². The number of hydrogen-bond donors (Lipinski definition) is 2. The molecule has 1 aliphatic carbocycles. The first-order valence-corrected chi connectivity index (χ1v) is 5.30. The quantitative estimate of drug-likeness (QED) is 0.570. The third kappa shape index (κ3) is 3.77. The fourth-order valence-electron chi connectivity index (χ4n) is 1.62. The highest BCUT2D eigenvalue weighted by Gasteiger charge is 2.36. The molecule has 0 unspecified atom stereocenters. The van der Waals surface area contributed by atoms with Crippen LogP contribution in [0.2, 0.25) is 0 Å². The molecule has 88 valence electrons. The highest BCUT2D eigenvalue weighted by molar-refractivity contribution is 5.78. The monoisotopic (exact) mass is 216 g/mol. The number of nitrogens with two attached hydrogens (primary N) is 1. The zero-order valence-corrected chi connectivity index (χ0v) is 9.25. The Balaban J connectivity index is 2.12. The van der Waals surface area contributed by atoms with Crippen molar-refractivity contribution >= 4 is 5.91 Å². The zero-order valence-electron chi connectivity index (χ0n) is 9.25. The van der Waals surface area contributed by atoms with Gasteiger partial charge in [0.25, 0.3) is 0 Å². The lowest BCUT2D eigenvalue weighted by molar-refractivity contribution is -0.129. The molecular weight excluding hydrogens is 196 g/mol. The molecule has 0 spiro atoms. The maximum atomic E-state index is 11.4. The topological polar surface area (TPSA) is 73.6 Å². The highest BCUT2D eigenvalue weighted by Crippen LogP contribution is 2.30. The first kappa shape index (κ1) is 12.4. The smallest absolute Gasteiger partial charge is 0.246 e. The van der Waals surface area contributed by atoms with E-state index in [1.54, 1.807) is 7.11 Å².